The van der Waals surface area contributed by atoms with Crippen LogP contribution in [0, 0.1) is 0 Å². The van der Waals surface area contributed by atoms with E-state index in [1.165, 1.54) is 0 Å². The molecule has 3 aliphatic rings. The first-order valence-corrected chi connectivity index (χ1v) is 32.6. The van der Waals surface area contributed by atoms with Crippen molar-refractivity contribution in [1.29, 1.82) is 0 Å². The molecule has 15 unspecified atom stereocenters. The highest BCUT2D eigenvalue weighted by Crippen LogP contribution is 2.35. The van der Waals surface area contributed by atoms with Gasteiger partial charge in [0, 0.05) is 0 Å². The van der Waals surface area contributed by atoms with Gasteiger partial charge < -0.3 is 72.5 Å². The van der Waals surface area contributed by atoms with E-state index < -0.39 is 138 Å². The van der Waals surface area contributed by atoms with Gasteiger partial charge in [0.1, 0.15) is 49.8 Å². The zero-order valence-electron chi connectivity index (χ0n) is 53.8. The first kappa shape index (κ1) is 79.1. The Bertz CT molecular complexity index is 3700. The van der Waals surface area contributed by atoms with E-state index in [-0.39, 0.29) is 68.1 Å². The SMILES string of the molecule is C.C.CC1OC(CO)C(O)C(O)C1O.CC1OC(COC(=O)c2ccccc2)C(OC(=O)c2ccccc2)C(OC(=O)c2ccccc2)C1OC(=O)c1ccccc1.O=C(OCC1OC(Br)C(OC(=O)c2ccccc2)C(OC(=O)c2ccccc2)C1OC(=O)c1ccccc1)c1ccccc1. The second-order valence-electron chi connectivity index (χ2n) is 22.8. The Morgan fingerprint density at radius 1 is 0.304 bits per heavy atom. The Morgan fingerprint density at radius 3 is 0.833 bits per heavy atom. The van der Waals surface area contributed by atoms with Gasteiger partial charge in [0.15, 0.2) is 41.6 Å². The van der Waals surface area contributed by atoms with Crippen molar-refractivity contribution in [2.24, 2.45) is 0 Å². The minimum atomic E-state index is -1.37. The fourth-order valence-electron chi connectivity index (χ4n) is 10.6. The van der Waals surface area contributed by atoms with Crippen molar-refractivity contribution in [3.8, 4) is 0 Å². The lowest BCUT2D eigenvalue weighted by Gasteiger charge is -2.43. The van der Waals surface area contributed by atoms with Gasteiger partial charge in [-0.15, -0.1) is 0 Å². The molecule has 3 heterocycles. The van der Waals surface area contributed by atoms with E-state index >= 15 is 0 Å². The van der Waals surface area contributed by atoms with E-state index in [1.807, 2.05) is 0 Å². The van der Waals surface area contributed by atoms with Gasteiger partial charge in [0.05, 0.1) is 63.3 Å². The molecule has 0 amide bonds. The average Bonchev–Trinajstić information content (AvgIpc) is 0.787. The zero-order chi connectivity index (χ0) is 71.1. The fourth-order valence-corrected chi connectivity index (χ4v) is 11.3. The third-order valence-corrected chi connectivity index (χ3v) is 16.6. The second-order valence-corrected chi connectivity index (χ2v) is 23.7. The summed E-state index contributed by atoms with van der Waals surface area (Å²) in [6, 6.07) is 66.1. The molecule has 0 bridgehead atoms. The lowest BCUT2D eigenvalue weighted by atomic mass is 9.94. The van der Waals surface area contributed by atoms with E-state index in [2.05, 4.69) is 15.9 Å². The van der Waals surface area contributed by atoms with Crippen LogP contribution in [0.4, 0.5) is 0 Å². The number of hydrogen-bond donors (Lipinski definition) is 4. The number of esters is 8. The van der Waals surface area contributed by atoms with Gasteiger partial charge in [-0.3, -0.25) is 0 Å². The number of benzene rings is 8. The van der Waals surface area contributed by atoms with Gasteiger partial charge in [-0.1, -0.05) is 176 Å². The van der Waals surface area contributed by atoms with Gasteiger partial charge in [-0.25, -0.2) is 38.4 Å². The molecular weight excluding hydrogens is 1380 g/mol. The summed E-state index contributed by atoms with van der Waals surface area (Å²) in [4.78, 5) is 105. The molecule has 8 aromatic carbocycles. The third-order valence-electron chi connectivity index (χ3n) is 15.9. The Labute approximate surface area is 597 Å². The van der Waals surface area contributed by atoms with Crippen LogP contribution in [0.1, 0.15) is 112 Å². The van der Waals surface area contributed by atoms with Crippen LogP contribution in [0.3, 0.4) is 0 Å². The highest BCUT2D eigenvalue weighted by Gasteiger charge is 2.54. The van der Waals surface area contributed by atoms with Gasteiger partial charge >= 0.3 is 47.8 Å². The molecule has 0 saturated carbocycles. The number of aliphatic hydroxyl groups excluding tert-OH is 4. The number of aliphatic hydroxyl groups is 4. The Hall–Kier alpha value is -10.3. The van der Waals surface area contributed by atoms with Crippen molar-refractivity contribution >= 4 is 63.7 Å². The molecule has 102 heavy (non-hydrogen) atoms. The average molecular weight is 1460 g/mol. The van der Waals surface area contributed by atoms with Gasteiger partial charge in [-0.2, -0.15) is 0 Å². The topological polar surface area (TPSA) is 319 Å². The summed E-state index contributed by atoms with van der Waals surface area (Å²) in [5, 5.41) is 35.3. The Kier molecular flexibility index (Phi) is 30.3. The fraction of sp³-hybridized carbons (Fsp3) is 0.282. The normalized spacial score (nSPS) is 23.9. The molecule has 8 aromatic rings. The first-order chi connectivity index (χ1) is 48.4. The molecule has 0 radical (unpaired) electrons. The van der Waals surface area contributed by atoms with Crippen LogP contribution >= 0.6 is 15.9 Å². The van der Waals surface area contributed by atoms with Gasteiger partial charge in [-0.05, 0) is 111 Å². The third kappa shape index (κ3) is 21.4. The van der Waals surface area contributed by atoms with Crippen LogP contribution in [0.5, 0.6) is 0 Å². The minimum Gasteiger partial charge on any atom is -0.459 e. The van der Waals surface area contributed by atoms with Crippen molar-refractivity contribution in [2.75, 3.05) is 19.8 Å². The molecule has 23 nitrogen and oxygen atoms in total. The largest absolute Gasteiger partial charge is 0.459 e. The highest BCUT2D eigenvalue weighted by molar-refractivity contribution is 9.09. The highest BCUT2D eigenvalue weighted by atomic mass is 79.9. The number of carbonyl (C=O) groups is 8. The first-order valence-electron chi connectivity index (χ1n) is 31.6. The quantitative estimate of drug-likeness (QED) is 0.0332. The number of hydrogen-bond acceptors (Lipinski definition) is 23. The van der Waals surface area contributed by atoms with Crippen LogP contribution in [0.2, 0.25) is 0 Å². The van der Waals surface area contributed by atoms with Crippen LogP contribution in [0.15, 0.2) is 243 Å². The van der Waals surface area contributed by atoms with E-state index in [0.29, 0.717) is 11.1 Å². The van der Waals surface area contributed by atoms with Crippen LogP contribution in [0.25, 0.3) is 0 Å². The molecule has 536 valence electrons. The van der Waals surface area contributed by atoms with E-state index in [4.69, 9.17) is 57.2 Å². The maximum absolute atomic E-state index is 13.4. The predicted octanol–water partition coefficient (Wildman–Crippen LogP) is 10.1. The van der Waals surface area contributed by atoms with Crippen molar-refractivity contribution in [3.05, 3.63) is 287 Å². The number of rotatable bonds is 19. The van der Waals surface area contributed by atoms with Gasteiger partial charge in [0.2, 0.25) is 0 Å². The smallest absolute Gasteiger partial charge is 0.338 e. The molecule has 3 fully saturated rings. The lowest BCUT2D eigenvalue weighted by molar-refractivity contribution is -0.224. The predicted molar refractivity (Wildman–Crippen MR) is 372 cm³/mol. The molecule has 3 saturated heterocycles. The summed E-state index contributed by atoms with van der Waals surface area (Å²) in [5.41, 5.74) is 2.05. The maximum Gasteiger partial charge on any atom is 0.338 e. The number of ether oxygens (including phenoxy) is 11. The molecule has 11 rings (SSSR count). The van der Waals surface area contributed by atoms with E-state index in [1.54, 1.807) is 257 Å². The molecular formula is C78H79BrO23. The molecule has 0 aliphatic carbocycles. The molecule has 0 aromatic heterocycles. The standard InChI is InChI=1S/C35H30O9.C34H27BrO9.C7H14O5.2CH4/c1-23-29(42-33(37)25-16-8-3-9-17-25)31(44-35(39)27-20-12-5-13-21-27)30(43-34(38)26-18-10-4-11-19-26)28(41-23)22-40-32(36)24-14-6-2-7-15-24;35-30-29(44-34(39)25-19-11-4-12-20-25)28(43-33(38)24-17-9-3-10-18-24)27(42-32(37)23-15-7-2-8-16-23)26(41-30)21-40-31(36)22-13-5-1-6-14-22;1-3-5(9)7(11)6(10)4(2-8)12-3;;/h2-21,23,28-31H,22H2,1H3;1-20,26-30H,21H2;3-11H,2H2,1H3;2*1H4. The van der Waals surface area contributed by atoms with E-state index in [0.717, 1.165) is 0 Å². The summed E-state index contributed by atoms with van der Waals surface area (Å²) in [6.07, 6.45) is -15.9. The Balaban J connectivity index is 0.000000241. The van der Waals surface area contributed by atoms with Crippen LogP contribution in [-0.4, -0.2) is 178 Å². The summed E-state index contributed by atoms with van der Waals surface area (Å²) in [6.45, 7) is 2.12. The molecule has 15 atom stereocenters. The maximum atomic E-state index is 13.4. The number of carbonyl (C=O) groups excluding carboxylic acids is 8. The van der Waals surface area contributed by atoms with Crippen molar-refractivity contribution in [2.45, 2.75) is 119 Å². The number of halogens is 1. The zero-order valence-corrected chi connectivity index (χ0v) is 55.4. The summed E-state index contributed by atoms with van der Waals surface area (Å²) < 4.78 is 63.7. The van der Waals surface area contributed by atoms with Crippen molar-refractivity contribution in [3.63, 3.8) is 0 Å². The number of alkyl halides is 1. The lowest BCUT2D eigenvalue weighted by Crippen LogP contribution is -2.61. The van der Waals surface area contributed by atoms with Crippen molar-refractivity contribution < 1.29 is 111 Å². The molecule has 0 spiro atoms. The van der Waals surface area contributed by atoms with E-state index in [9.17, 15) is 53.7 Å². The monoisotopic (exact) mass is 1460 g/mol. The second kappa shape index (κ2) is 39.1. The summed E-state index contributed by atoms with van der Waals surface area (Å²) in [7, 11) is 0. The minimum absolute atomic E-state index is 0. The molecule has 4 N–H and O–H groups in total. The Morgan fingerprint density at radius 2 is 0.539 bits per heavy atom. The summed E-state index contributed by atoms with van der Waals surface area (Å²) in [5.74, 6) is -5.62. The van der Waals surface area contributed by atoms with Crippen LogP contribution in [-0.2, 0) is 52.1 Å². The molecule has 3 aliphatic heterocycles. The summed E-state index contributed by atoms with van der Waals surface area (Å²) >= 11 is 3.40. The van der Waals surface area contributed by atoms with Crippen molar-refractivity contribution in [1.82, 2.24) is 0 Å². The van der Waals surface area contributed by atoms with Gasteiger partial charge in [0.25, 0.3) is 0 Å². The molecule has 24 heteroatoms. The van der Waals surface area contributed by atoms with Crippen LogP contribution < -0.4 is 0 Å².